The van der Waals surface area contributed by atoms with Crippen LogP contribution in [-0.2, 0) is 0 Å². The highest BCUT2D eigenvalue weighted by Gasteiger charge is 2.26. The van der Waals surface area contributed by atoms with E-state index in [1.165, 1.54) is 40.3 Å². The summed E-state index contributed by atoms with van der Waals surface area (Å²) in [6.07, 6.45) is 0. The molecule has 220 valence electrons. The second kappa shape index (κ2) is 9.46. The number of hydrogen-bond acceptors (Lipinski definition) is 5. The van der Waals surface area contributed by atoms with Gasteiger partial charge < -0.3 is 13.7 Å². The number of nitrogens with zero attached hydrogens (tertiary/aromatic N) is 1. The van der Waals surface area contributed by atoms with Crippen molar-refractivity contribution in [1.82, 2.24) is 0 Å². The zero-order chi connectivity index (χ0) is 30.6. The molecule has 5 heteroatoms. The molecule has 0 aliphatic rings. The Morgan fingerprint density at radius 1 is 0.362 bits per heavy atom. The molecule has 0 spiro atoms. The van der Waals surface area contributed by atoms with Gasteiger partial charge >= 0.3 is 0 Å². The Balaban J connectivity index is 1.31. The van der Waals surface area contributed by atoms with Gasteiger partial charge in [-0.1, -0.05) is 84.9 Å². The number of anilines is 3. The van der Waals surface area contributed by atoms with Crippen LogP contribution in [0.15, 0.2) is 148 Å². The van der Waals surface area contributed by atoms with Crippen molar-refractivity contribution in [2.75, 3.05) is 4.90 Å². The summed E-state index contributed by atoms with van der Waals surface area (Å²) in [4.78, 5) is 2.47. The van der Waals surface area contributed by atoms with E-state index in [4.69, 9.17) is 8.83 Å². The lowest BCUT2D eigenvalue weighted by Gasteiger charge is -2.27. The van der Waals surface area contributed by atoms with Gasteiger partial charge in [0.1, 0.15) is 22.3 Å². The average molecular weight is 638 g/mol. The molecule has 0 radical (unpaired) electrons. The van der Waals surface area contributed by atoms with E-state index >= 15 is 0 Å². The van der Waals surface area contributed by atoms with Crippen molar-refractivity contribution in [3.8, 4) is 0 Å². The summed E-state index contributed by atoms with van der Waals surface area (Å²) in [6, 6.07) is 49.8. The summed E-state index contributed by atoms with van der Waals surface area (Å²) in [6.45, 7) is 0. The molecule has 4 aromatic heterocycles. The summed E-state index contributed by atoms with van der Waals surface area (Å²) in [5, 5.41) is 9.34. The van der Waals surface area contributed by atoms with Gasteiger partial charge in [-0.3, -0.25) is 0 Å². The molecule has 11 aromatic rings. The topological polar surface area (TPSA) is 29.5 Å². The van der Waals surface area contributed by atoms with E-state index in [1.54, 1.807) is 0 Å². The van der Waals surface area contributed by atoms with Crippen molar-refractivity contribution in [1.29, 1.82) is 0 Å². The Bertz CT molecular complexity index is 2930. The highest BCUT2D eigenvalue weighted by atomic mass is 32.1. The van der Waals surface area contributed by atoms with Crippen LogP contribution in [0.5, 0.6) is 0 Å². The van der Waals surface area contributed by atoms with Crippen LogP contribution in [0.25, 0.3) is 84.2 Å². The molecule has 47 heavy (non-hydrogen) atoms. The maximum Gasteiger partial charge on any atom is 0.147 e. The lowest BCUT2D eigenvalue weighted by atomic mass is 10.0. The average Bonchev–Trinajstić information content (AvgIpc) is 3.88. The van der Waals surface area contributed by atoms with Gasteiger partial charge in [0.05, 0.1) is 37.2 Å². The molecule has 0 atom stereocenters. The van der Waals surface area contributed by atoms with Crippen LogP contribution in [0.2, 0.25) is 0 Å². The molecule has 3 nitrogen and oxygen atoms in total. The summed E-state index contributed by atoms with van der Waals surface area (Å²) in [5.74, 6) is 0. The van der Waals surface area contributed by atoms with Gasteiger partial charge in [-0.15, -0.1) is 22.7 Å². The third-order valence-electron chi connectivity index (χ3n) is 9.47. The monoisotopic (exact) mass is 637 g/mol. The molecule has 0 fully saturated rings. The summed E-state index contributed by atoms with van der Waals surface area (Å²) in [5.41, 5.74) is 6.74. The van der Waals surface area contributed by atoms with E-state index in [0.29, 0.717) is 0 Å². The van der Waals surface area contributed by atoms with Crippen LogP contribution < -0.4 is 4.90 Å². The Morgan fingerprint density at radius 2 is 0.894 bits per heavy atom. The van der Waals surface area contributed by atoms with Gasteiger partial charge in [0.2, 0.25) is 0 Å². The van der Waals surface area contributed by atoms with E-state index in [0.717, 1.165) is 60.9 Å². The zero-order valence-corrected chi connectivity index (χ0v) is 26.5. The minimum Gasteiger partial charge on any atom is -0.456 e. The van der Waals surface area contributed by atoms with Gasteiger partial charge in [-0.2, -0.15) is 0 Å². The third-order valence-corrected chi connectivity index (χ3v) is 11.9. The largest absolute Gasteiger partial charge is 0.456 e. The Morgan fingerprint density at radius 3 is 1.60 bits per heavy atom. The van der Waals surface area contributed by atoms with Crippen molar-refractivity contribution in [3.63, 3.8) is 0 Å². The number of para-hydroxylation sites is 1. The fourth-order valence-electron chi connectivity index (χ4n) is 7.46. The lowest BCUT2D eigenvalue weighted by Crippen LogP contribution is -2.10. The summed E-state index contributed by atoms with van der Waals surface area (Å²) >= 11 is 3.71. The van der Waals surface area contributed by atoms with E-state index in [-0.39, 0.29) is 0 Å². The van der Waals surface area contributed by atoms with Crippen molar-refractivity contribution in [2.45, 2.75) is 0 Å². The molecule has 7 aromatic carbocycles. The zero-order valence-electron chi connectivity index (χ0n) is 24.9. The maximum atomic E-state index is 6.62. The molecule has 0 aliphatic carbocycles. The number of fused-ring (bicyclic) bond motifs is 13. The number of rotatable bonds is 3. The van der Waals surface area contributed by atoms with Gasteiger partial charge in [-0.05, 0) is 54.6 Å². The van der Waals surface area contributed by atoms with Crippen molar-refractivity contribution in [3.05, 3.63) is 140 Å². The van der Waals surface area contributed by atoms with Crippen LogP contribution in [0.1, 0.15) is 0 Å². The van der Waals surface area contributed by atoms with Gasteiger partial charge in [0.25, 0.3) is 0 Å². The smallest absolute Gasteiger partial charge is 0.147 e. The van der Waals surface area contributed by atoms with Gasteiger partial charge in [-0.25, -0.2) is 0 Å². The van der Waals surface area contributed by atoms with E-state index in [9.17, 15) is 0 Å². The molecule has 4 heterocycles. The second-order valence-electron chi connectivity index (χ2n) is 12.0. The number of hydrogen-bond donors (Lipinski definition) is 0. The van der Waals surface area contributed by atoms with Crippen LogP contribution in [0.4, 0.5) is 17.1 Å². The highest BCUT2D eigenvalue weighted by molar-refractivity contribution is 7.27. The fraction of sp³-hybridized carbons (Fsp3) is 0. The molecule has 0 aliphatic heterocycles. The van der Waals surface area contributed by atoms with Crippen molar-refractivity contribution >= 4 is 124 Å². The molecule has 0 saturated carbocycles. The first-order valence-corrected chi connectivity index (χ1v) is 17.3. The Kier molecular flexibility index (Phi) is 5.14. The van der Waals surface area contributed by atoms with Gasteiger partial charge in [0, 0.05) is 41.7 Å². The molecule has 0 N–H and O–H groups in total. The molecule has 0 saturated heterocycles. The third kappa shape index (κ3) is 3.50. The van der Waals surface area contributed by atoms with Crippen molar-refractivity contribution < 1.29 is 8.83 Å². The van der Waals surface area contributed by atoms with Crippen LogP contribution in [0, 0.1) is 0 Å². The number of thiophene rings is 2. The SMILES string of the molecule is c1ccc2c(c1)oc1c2ccc2oc3cccc(N(c4cccc5c4sc4ccccc45)c4cccc5c4sc4ccccc45)c3c21. The first kappa shape index (κ1) is 25.6. The normalized spacial score (nSPS) is 12.3. The Labute approximate surface area is 276 Å². The maximum absolute atomic E-state index is 6.62. The first-order chi connectivity index (χ1) is 23.3. The van der Waals surface area contributed by atoms with E-state index < -0.39 is 0 Å². The molecule has 11 rings (SSSR count). The van der Waals surface area contributed by atoms with Gasteiger partial charge in [0.15, 0.2) is 0 Å². The second-order valence-corrected chi connectivity index (χ2v) is 14.1. The van der Waals surface area contributed by atoms with Crippen LogP contribution >= 0.6 is 22.7 Å². The van der Waals surface area contributed by atoms with E-state index in [2.05, 4.69) is 132 Å². The number of furan rings is 2. The minimum atomic E-state index is 0.819. The summed E-state index contributed by atoms with van der Waals surface area (Å²) < 4.78 is 18.3. The molecular formula is C42H23NO2S2. The highest BCUT2D eigenvalue weighted by Crippen LogP contribution is 2.52. The number of benzene rings is 7. The molecule has 0 bridgehead atoms. The minimum absolute atomic E-state index is 0.819. The molecular weight excluding hydrogens is 615 g/mol. The van der Waals surface area contributed by atoms with Crippen LogP contribution in [0.3, 0.4) is 0 Å². The quantitative estimate of drug-likeness (QED) is 0.193. The van der Waals surface area contributed by atoms with Crippen molar-refractivity contribution in [2.24, 2.45) is 0 Å². The van der Waals surface area contributed by atoms with E-state index in [1.807, 2.05) is 34.8 Å². The molecule has 0 unspecified atom stereocenters. The fourth-order valence-corrected chi connectivity index (χ4v) is 9.87. The molecule has 0 amide bonds. The lowest BCUT2D eigenvalue weighted by molar-refractivity contribution is 0.663. The predicted octanol–water partition coefficient (Wildman–Crippen LogP) is 13.7. The Hall–Kier alpha value is -5.62. The van der Waals surface area contributed by atoms with Crippen LogP contribution in [-0.4, -0.2) is 0 Å². The predicted molar refractivity (Wildman–Crippen MR) is 201 cm³/mol. The first-order valence-electron chi connectivity index (χ1n) is 15.7. The standard InChI is InChI=1S/C42H23NO2S2/c1-4-18-33-24(10-1)27-22-23-35-39(40(27)45-33)38-30(15-9-19-34(38)44-35)43(31-16-7-13-28-25-11-2-5-20-36(25)46-41(28)31)32-17-8-14-29-26-12-3-6-21-37(26)47-42(29)32/h1-23H. The summed E-state index contributed by atoms with van der Waals surface area (Å²) in [7, 11) is 0.